The number of aliphatic imine (C=N–C) groups is 1. The molecule has 0 saturated carbocycles. The summed E-state index contributed by atoms with van der Waals surface area (Å²) in [5, 5.41) is 23.0. The Morgan fingerprint density at radius 1 is 0.915 bits per heavy atom. The Morgan fingerprint density at radius 2 is 1.65 bits per heavy atom. The summed E-state index contributed by atoms with van der Waals surface area (Å²) in [6, 6.07) is 18.1. The van der Waals surface area contributed by atoms with Gasteiger partial charge in [0.25, 0.3) is 0 Å². The van der Waals surface area contributed by atoms with Crippen LogP contribution in [-0.2, 0) is 6.54 Å². The van der Waals surface area contributed by atoms with Crippen molar-refractivity contribution in [3.05, 3.63) is 119 Å². The average molecular weight is 956 g/mol. The van der Waals surface area contributed by atoms with Gasteiger partial charge in [0.1, 0.15) is 0 Å². The summed E-state index contributed by atoms with van der Waals surface area (Å²) >= 11 is 0. The maximum Gasteiger partial charge on any atom is 0.208 e. The Morgan fingerprint density at radius 3 is 2.35 bits per heavy atom. The maximum absolute atomic E-state index is 8.30. The highest BCUT2D eigenvalue weighted by molar-refractivity contribution is 6.16. The third kappa shape index (κ3) is 10.8. The highest BCUT2D eigenvalue weighted by Crippen LogP contribution is 2.43. The van der Waals surface area contributed by atoms with Gasteiger partial charge in [-0.05, 0) is 163 Å². The van der Waals surface area contributed by atoms with Gasteiger partial charge in [0.15, 0.2) is 0 Å². The fourth-order valence-corrected chi connectivity index (χ4v) is 12.5. The average Bonchev–Trinajstić information content (AvgIpc) is 3.83. The molecule has 2 bridgehead atoms. The number of pyridine rings is 1. The molecule has 1 unspecified atom stereocenters. The van der Waals surface area contributed by atoms with Gasteiger partial charge in [0, 0.05) is 101 Å². The van der Waals surface area contributed by atoms with Crippen LogP contribution in [0.4, 0.5) is 17.1 Å². The van der Waals surface area contributed by atoms with E-state index in [0.29, 0.717) is 17.0 Å². The summed E-state index contributed by atoms with van der Waals surface area (Å²) in [5.74, 6) is 2.06. The molecule has 5 aliphatic rings. The standard InChI is InChI=1S/C60H81N11/c1-10-14-57(44(6)63-11-2)71-45(7)51-19-18-50(36-52(51)46(71)8)69-27-21-47(22-28-69)39-67-29-23-60(24-30-67)25-31-68(32-26-60)40-48-17-20-55-58(34-48)70-38-41(3)15-12-13-16-54(62-9)53(37-61)56-35-49(33-42(4)64-56)43(5)65-59(70)66-55/h11,17-20,33-37,41,47,57,61-63H,2,5-8,10,12-16,21-32,38-40H2,1,3-4,9H3,(H,65,66)/b54-53+,61-37?/t41-,57?/m1/s1. The van der Waals surface area contributed by atoms with Gasteiger partial charge in [0.2, 0.25) is 5.96 Å². The van der Waals surface area contributed by atoms with E-state index in [4.69, 9.17) is 15.4 Å². The predicted molar refractivity (Wildman–Crippen MR) is 301 cm³/mol. The van der Waals surface area contributed by atoms with Crippen LogP contribution in [0, 0.1) is 29.6 Å². The minimum Gasteiger partial charge on any atom is -0.391 e. The molecule has 11 heteroatoms. The zero-order chi connectivity index (χ0) is 49.8. The molecule has 9 rings (SSSR count). The number of anilines is 3. The molecule has 5 aliphatic heterocycles. The van der Waals surface area contributed by atoms with E-state index in [1.807, 2.05) is 26.1 Å². The molecule has 3 saturated heterocycles. The fraction of sp³-hybridized carbons (Fsp3) is 0.483. The van der Waals surface area contributed by atoms with Crippen LogP contribution in [0.25, 0.3) is 35.2 Å². The van der Waals surface area contributed by atoms with E-state index in [1.165, 1.54) is 105 Å². The molecule has 376 valence electrons. The molecule has 2 aromatic carbocycles. The Bertz CT molecular complexity index is 2790. The van der Waals surface area contributed by atoms with E-state index in [0.717, 1.165) is 127 Å². The lowest BCUT2D eigenvalue weighted by Crippen LogP contribution is -2.48. The fourth-order valence-electron chi connectivity index (χ4n) is 12.5. The number of allylic oxidation sites excluding steroid dienone is 3. The van der Waals surface area contributed by atoms with Crippen LogP contribution < -0.4 is 36.4 Å². The Labute approximate surface area is 424 Å². The maximum atomic E-state index is 8.30. The van der Waals surface area contributed by atoms with Crippen LogP contribution in [0.3, 0.4) is 0 Å². The summed E-state index contributed by atoms with van der Waals surface area (Å²) < 4.78 is 2.28. The predicted octanol–water partition coefficient (Wildman–Crippen LogP) is 10.4. The number of rotatable bonds is 13. The number of piperidine rings is 3. The summed E-state index contributed by atoms with van der Waals surface area (Å²) in [6.07, 6.45) is 17.1. The number of hydrogen-bond donors (Lipinski definition) is 4. The Balaban J connectivity index is 0.778. The molecule has 0 aliphatic carbocycles. The Kier molecular flexibility index (Phi) is 15.4. The molecule has 11 nitrogen and oxygen atoms in total. The van der Waals surface area contributed by atoms with Gasteiger partial charge in [-0.3, -0.25) is 9.88 Å². The van der Waals surface area contributed by atoms with E-state index in [2.05, 4.69) is 123 Å². The van der Waals surface area contributed by atoms with Crippen molar-refractivity contribution >= 4 is 64.4 Å². The molecule has 7 heterocycles. The minimum absolute atomic E-state index is 0.0855. The van der Waals surface area contributed by atoms with Crippen molar-refractivity contribution < 1.29 is 0 Å². The zero-order valence-electron chi connectivity index (χ0n) is 43.5. The quantitative estimate of drug-likeness (QED) is 0.0983. The van der Waals surface area contributed by atoms with Crippen LogP contribution in [0.1, 0.15) is 119 Å². The number of fused-ring (bicyclic) bond motifs is 6. The molecule has 0 amide bonds. The number of nitrogens with zero attached hydrogens (tertiary/aromatic N) is 7. The second kappa shape index (κ2) is 21.8. The Hall–Kier alpha value is -5.91. The number of nitrogens with one attached hydrogen (secondary N) is 4. The van der Waals surface area contributed by atoms with Gasteiger partial charge in [-0.1, -0.05) is 71.7 Å². The van der Waals surface area contributed by atoms with Gasteiger partial charge in [0.05, 0.1) is 28.8 Å². The lowest BCUT2D eigenvalue weighted by atomic mass is 9.71. The zero-order valence-corrected chi connectivity index (χ0v) is 43.5. The van der Waals surface area contributed by atoms with Crippen LogP contribution in [0.15, 0.2) is 90.9 Å². The normalized spacial score (nSPS) is 22.7. The lowest BCUT2D eigenvalue weighted by Gasteiger charge is -2.47. The lowest BCUT2D eigenvalue weighted by molar-refractivity contribution is 0.0265. The molecule has 4 aromatic rings. The first-order valence-electron chi connectivity index (χ1n) is 26.8. The second-order valence-corrected chi connectivity index (χ2v) is 21.7. The van der Waals surface area contributed by atoms with Crippen molar-refractivity contribution in [2.45, 2.75) is 110 Å². The summed E-state index contributed by atoms with van der Waals surface area (Å²) in [6.45, 7) is 38.4. The molecule has 2 aromatic heterocycles. The number of hydrogen-bond acceptors (Lipinski definition) is 10. The largest absolute Gasteiger partial charge is 0.391 e. The van der Waals surface area contributed by atoms with Gasteiger partial charge in [-0.2, -0.15) is 0 Å². The van der Waals surface area contributed by atoms with Crippen molar-refractivity contribution in [2.75, 3.05) is 74.5 Å². The SMILES string of the molecule is C=CNC(=C)C(CCC)n1c(=C)c2ccc(N3CCC(CN4CCC5(CCN(Cc6ccc7c(c6)N6C[C@H](C)CCCC/C(NC)=C(/C=N)c8cc(cc(C)n8)C(=C)/N=C/6N7)CC5)CC4)CC3)cc2c1=C. The molecule has 0 radical (unpaired) electrons. The van der Waals surface area contributed by atoms with Crippen LogP contribution >= 0.6 is 0 Å². The number of aromatic nitrogens is 2. The number of benzene rings is 2. The van der Waals surface area contributed by atoms with Crippen molar-refractivity contribution in [3.8, 4) is 0 Å². The van der Waals surface area contributed by atoms with Gasteiger partial charge >= 0.3 is 0 Å². The van der Waals surface area contributed by atoms with E-state index >= 15 is 0 Å². The smallest absolute Gasteiger partial charge is 0.208 e. The van der Waals surface area contributed by atoms with Crippen LogP contribution in [0.5, 0.6) is 0 Å². The van der Waals surface area contributed by atoms with Crippen molar-refractivity contribution in [1.29, 1.82) is 5.41 Å². The van der Waals surface area contributed by atoms with Crippen molar-refractivity contribution in [3.63, 3.8) is 0 Å². The summed E-state index contributed by atoms with van der Waals surface area (Å²) in [5.41, 5.74) is 11.6. The first-order valence-corrected chi connectivity index (χ1v) is 26.8. The number of guanidine groups is 1. The third-order valence-electron chi connectivity index (χ3n) is 16.8. The summed E-state index contributed by atoms with van der Waals surface area (Å²) in [7, 11) is 1.95. The monoisotopic (exact) mass is 956 g/mol. The number of likely N-dealkylation sites (tertiary alicyclic amines) is 2. The van der Waals surface area contributed by atoms with E-state index in [1.54, 1.807) is 6.20 Å². The van der Waals surface area contributed by atoms with Gasteiger partial charge in [-0.25, -0.2) is 4.99 Å². The molecule has 1 spiro atoms. The summed E-state index contributed by atoms with van der Waals surface area (Å²) in [4.78, 5) is 20.5. The van der Waals surface area contributed by atoms with Crippen LogP contribution in [-0.4, -0.2) is 90.9 Å². The topological polar surface area (TPSA) is 103 Å². The van der Waals surface area contributed by atoms with E-state index in [9.17, 15) is 0 Å². The minimum atomic E-state index is 0.0855. The molecular formula is C60H81N11. The third-order valence-corrected chi connectivity index (χ3v) is 16.8. The molecular weight excluding hydrogens is 875 g/mol. The molecule has 4 N–H and O–H groups in total. The molecule has 71 heavy (non-hydrogen) atoms. The highest BCUT2D eigenvalue weighted by Gasteiger charge is 2.38. The van der Waals surface area contributed by atoms with E-state index in [-0.39, 0.29) is 6.04 Å². The van der Waals surface area contributed by atoms with Crippen molar-refractivity contribution in [1.82, 2.24) is 30.0 Å². The first kappa shape index (κ1) is 50.0. The van der Waals surface area contributed by atoms with Crippen molar-refractivity contribution in [2.24, 2.45) is 22.2 Å². The van der Waals surface area contributed by atoms with Crippen LogP contribution in [0.2, 0.25) is 0 Å². The van der Waals surface area contributed by atoms with Gasteiger partial charge in [-0.15, -0.1) is 0 Å². The van der Waals surface area contributed by atoms with Gasteiger partial charge < -0.3 is 40.6 Å². The number of aryl methyl sites for hydroxylation is 1. The van der Waals surface area contributed by atoms with E-state index < -0.39 is 0 Å². The molecule has 3 fully saturated rings. The second-order valence-electron chi connectivity index (χ2n) is 21.7. The first-order chi connectivity index (χ1) is 34.4. The highest BCUT2D eigenvalue weighted by atomic mass is 15.4. The molecule has 2 atom stereocenters.